The summed E-state index contributed by atoms with van der Waals surface area (Å²) in [7, 11) is -3.78. The minimum atomic E-state index is -3.78. The molecule has 2 N–H and O–H groups in total. The van der Waals surface area contributed by atoms with E-state index >= 15 is 0 Å². The fourth-order valence-electron chi connectivity index (χ4n) is 2.66. The van der Waals surface area contributed by atoms with Crippen molar-refractivity contribution in [1.29, 1.82) is 5.26 Å². The Morgan fingerprint density at radius 2 is 2.14 bits per heavy atom. The molecule has 3 rings (SSSR count). The first-order chi connectivity index (χ1) is 13.3. The van der Waals surface area contributed by atoms with Gasteiger partial charge >= 0.3 is 0 Å². The number of rotatable bonds is 6. The molecule has 0 aliphatic heterocycles. The highest BCUT2D eigenvalue weighted by Crippen LogP contribution is 2.26. The number of hydrogen-bond donors (Lipinski definition) is 2. The highest BCUT2D eigenvalue weighted by Gasteiger charge is 2.24. The molecule has 0 spiro atoms. The molecule has 144 valence electrons. The molecule has 0 amide bonds. The standard InChI is InChI=1S/C19H17FN4O3S/c1-3-11(2)28(26,27)24-16-6-4-5-13(17(16)20)18(25)15-10-23-19-14(15)7-12(8-21)9-22-19/h4-7,9-11,24H,3H2,1-2H3,(H,22,23). The molecule has 1 aromatic carbocycles. The molecule has 0 fully saturated rings. The lowest BCUT2D eigenvalue weighted by Gasteiger charge is -2.14. The lowest BCUT2D eigenvalue weighted by Crippen LogP contribution is -2.25. The fourth-order valence-corrected chi connectivity index (χ4v) is 3.76. The Bertz CT molecular complexity index is 1210. The number of fused-ring (bicyclic) bond motifs is 1. The van der Waals surface area contributed by atoms with Crippen LogP contribution in [0.1, 0.15) is 41.8 Å². The van der Waals surface area contributed by atoms with Crippen molar-refractivity contribution in [2.24, 2.45) is 0 Å². The first-order valence-electron chi connectivity index (χ1n) is 8.50. The summed E-state index contributed by atoms with van der Waals surface area (Å²) in [4.78, 5) is 19.8. The number of pyridine rings is 1. The molecule has 2 heterocycles. The van der Waals surface area contributed by atoms with Crippen LogP contribution in [0.4, 0.5) is 10.1 Å². The number of anilines is 1. The van der Waals surface area contributed by atoms with Crippen molar-refractivity contribution >= 4 is 32.5 Å². The number of aromatic amines is 1. The highest BCUT2D eigenvalue weighted by atomic mass is 32.2. The Morgan fingerprint density at radius 1 is 1.39 bits per heavy atom. The van der Waals surface area contributed by atoms with Crippen LogP contribution >= 0.6 is 0 Å². The number of H-pyrrole nitrogens is 1. The maximum atomic E-state index is 14.9. The van der Waals surface area contributed by atoms with Crippen molar-refractivity contribution in [2.75, 3.05) is 4.72 Å². The van der Waals surface area contributed by atoms with Crippen molar-refractivity contribution < 1.29 is 17.6 Å². The van der Waals surface area contributed by atoms with Crippen LogP contribution in [0.25, 0.3) is 11.0 Å². The van der Waals surface area contributed by atoms with Gasteiger partial charge in [-0.25, -0.2) is 17.8 Å². The number of benzene rings is 1. The number of nitrogens with zero attached hydrogens (tertiary/aromatic N) is 2. The summed E-state index contributed by atoms with van der Waals surface area (Å²) in [5.41, 5.74) is 0.211. The molecule has 0 saturated heterocycles. The zero-order valence-corrected chi connectivity index (χ0v) is 16.0. The van der Waals surface area contributed by atoms with Gasteiger partial charge in [-0.3, -0.25) is 9.52 Å². The molecule has 0 saturated carbocycles. The van der Waals surface area contributed by atoms with Crippen LogP contribution in [0.15, 0.2) is 36.7 Å². The SMILES string of the molecule is CCC(C)S(=O)(=O)Nc1cccc(C(=O)c2c[nH]c3ncc(C#N)cc23)c1F. The number of nitrogens with one attached hydrogen (secondary N) is 2. The summed E-state index contributed by atoms with van der Waals surface area (Å²) in [5.74, 6) is -1.61. The predicted octanol–water partition coefficient (Wildman–Crippen LogP) is 3.34. The lowest BCUT2D eigenvalue weighted by atomic mass is 10.0. The van der Waals surface area contributed by atoms with Gasteiger partial charge in [-0.2, -0.15) is 5.26 Å². The van der Waals surface area contributed by atoms with Gasteiger partial charge in [0, 0.05) is 23.3 Å². The number of carbonyl (C=O) groups excluding carboxylic acids is 1. The van der Waals surface area contributed by atoms with E-state index in [1.807, 2.05) is 6.07 Å². The Morgan fingerprint density at radius 3 is 2.82 bits per heavy atom. The number of carbonyl (C=O) groups is 1. The van der Waals surface area contributed by atoms with Crippen molar-refractivity contribution in [2.45, 2.75) is 25.5 Å². The summed E-state index contributed by atoms with van der Waals surface area (Å²) in [5, 5.41) is 8.70. The van der Waals surface area contributed by atoms with Crippen molar-refractivity contribution in [3.05, 3.63) is 59.2 Å². The van der Waals surface area contributed by atoms with Crippen LogP contribution < -0.4 is 4.72 Å². The molecular weight excluding hydrogens is 383 g/mol. The number of hydrogen-bond acceptors (Lipinski definition) is 5. The molecule has 28 heavy (non-hydrogen) atoms. The Kier molecular flexibility index (Phi) is 5.16. The van der Waals surface area contributed by atoms with Crippen LogP contribution in [-0.2, 0) is 10.0 Å². The van der Waals surface area contributed by atoms with E-state index in [9.17, 15) is 17.6 Å². The molecule has 0 bridgehead atoms. The molecule has 2 aromatic heterocycles. The Balaban J connectivity index is 2.04. The van der Waals surface area contributed by atoms with Gasteiger partial charge in [0.2, 0.25) is 10.0 Å². The van der Waals surface area contributed by atoms with E-state index in [1.54, 1.807) is 6.92 Å². The monoisotopic (exact) mass is 400 g/mol. The minimum Gasteiger partial charge on any atom is -0.345 e. The third-order valence-corrected chi connectivity index (χ3v) is 6.40. The molecule has 9 heteroatoms. The van der Waals surface area contributed by atoms with E-state index in [4.69, 9.17) is 5.26 Å². The zero-order chi connectivity index (χ0) is 20.5. The predicted molar refractivity (Wildman–Crippen MR) is 103 cm³/mol. The van der Waals surface area contributed by atoms with Crippen LogP contribution in [-0.4, -0.2) is 29.4 Å². The van der Waals surface area contributed by atoms with E-state index in [0.717, 1.165) is 0 Å². The molecular formula is C19H17FN4O3S. The molecule has 1 unspecified atom stereocenters. The average molecular weight is 400 g/mol. The largest absolute Gasteiger partial charge is 0.345 e. The summed E-state index contributed by atoms with van der Waals surface area (Å²) >= 11 is 0. The normalized spacial score (nSPS) is 12.5. The second-order valence-corrected chi connectivity index (χ2v) is 8.40. The van der Waals surface area contributed by atoms with Crippen molar-refractivity contribution in [1.82, 2.24) is 9.97 Å². The molecule has 7 nitrogen and oxygen atoms in total. The van der Waals surface area contributed by atoms with E-state index in [1.165, 1.54) is 43.6 Å². The topological polar surface area (TPSA) is 116 Å². The van der Waals surface area contributed by atoms with Gasteiger partial charge in [-0.05, 0) is 31.5 Å². The highest BCUT2D eigenvalue weighted by molar-refractivity contribution is 7.93. The Labute approximate surface area is 161 Å². The van der Waals surface area contributed by atoms with E-state index in [-0.39, 0.29) is 22.4 Å². The number of aromatic nitrogens is 2. The van der Waals surface area contributed by atoms with E-state index < -0.39 is 26.9 Å². The van der Waals surface area contributed by atoms with Gasteiger partial charge < -0.3 is 4.98 Å². The number of ketones is 1. The number of halogens is 1. The van der Waals surface area contributed by atoms with Crippen LogP contribution in [0.5, 0.6) is 0 Å². The molecule has 3 aromatic rings. The van der Waals surface area contributed by atoms with Gasteiger partial charge in [0.15, 0.2) is 11.6 Å². The summed E-state index contributed by atoms with van der Waals surface area (Å²) < 4.78 is 41.6. The zero-order valence-electron chi connectivity index (χ0n) is 15.2. The quantitative estimate of drug-likeness (QED) is 0.616. The van der Waals surface area contributed by atoms with Gasteiger partial charge in [0.05, 0.1) is 22.1 Å². The van der Waals surface area contributed by atoms with Crippen molar-refractivity contribution in [3.8, 4) is 6.07 Å². The van der Waals surface area contributed by atoms with Crippen LogP contribution in [0.3, 0.4) is 0 Å². The molecule has 0 radical (unpaired) electrons. The lowest BCUT2D eigenvalue weighted by molar-refractivity contribution is 0.103. The van der Waals surface area contributed by atoms with Crippen LogP contribution in [0.2, 0.25) is 0 Å². The second-order valence-electron chi connectivity index (χ2n) is 6.30. The van der Waals surface area contributed by atoms with Gasteiger partial charge in [-0.15, -0.1) is 0 Å². The maximum absolute atomic E-state index is 14.9. The molecule has 0 aliphatic carbocycles. The molecule has 1 atom stereocenters. The van der Waals surface area contributed by atoms with E-state index in [0.29, 0.717) is 17.5 Å². The Hall–Kier alpha value is -3.25. The van der Waals surface area contributed by atoms with Crippen LogP contribution in [0, 0.1) is 17.1 Å². The summed E-state index contributed by atoms with van der Waals surface area (Å²) in [6, 6.07) is 7.36. The van der Waals surface area contributed by atoms with E-state index in [2.05, 4.69) is 14.7 Å². The summed E-state index contributed by atoms with van der Waals surface area (Å²) in [6.45, 7) is 3.22. The summed E-state index contributed by atoms with van der Waals surface area (Å²) in [6.07, 6.45) is 3.10. The number of nitriles is 1. The number of sulfonamides is 1. The third kappa shape index (κ3) is 3.46. The molecule has 0 aliphatic rings. The van der Waals surface area contributed by atoms with Gasteiger partial charge in [0.25, 0.3) is 0 Å². The second kappa shape index (κ2) is 7.40. The minimum absolute atomic E-state index is 0.139. The van der Waals surface area contributed by atoms with Gasteiger partial charge in [-0.1, -0.05) is 13.0 Å². The van der Waals surface area contributed by atoms with Gasteiger partial charge in [0.1, 0.15) is 11.7 Å². The van der Waals surface area contributed by atoms with Crippen molar-refractivity contribution in [3.63, 3.8) is 0 Å². The third-order valence-electron chi connectivity index (χ3n) is 4.51. The first-order valence-corrected chi connectivity index (χ1v) is 10.0. The maximum Gasteiger partial charge on any atom is 0.235 e. The fraction of sp³-hybridized carbons (Fsp3) is 0.211. The average Bonchev–Trinajstić information content (AvgIpc) is 3.11. The smallest absolute Gasteiger partial charge is 0.235 e. The first kappa shape index (κ1) is 19.5.